The zero-order valence-corrected chi connectivity index (χ0v) is 11.8. The molecule has 1 aromatic heterocycles. The summed E-state index contributed by atoms with van der Waals surface area (Å²) in [6.45, 7) is 2.49. The van der Waals surface area contributed by atoms with Crippen LogP contribution in [-0.4, -0.2) is 16.3 Å². The zero-order valence-electron chi connectivity index (χ0n) is 11.8. The largest absolute Gasteiger partial charge is 0.486 e. The van der Waals surface area contributed by atoms with Gasteiger partial charge in [0.05, 0.1) is 11.0 Å². The summed E-state index contributed by atoms with van der Waals surface area (Å²) < 4.78 is 5.71. The van der Waals surface area contributed by atoms with E-state index in [1.54, 1.807) is 12.1 Å². The van der Waals surface area contributed by atoms with Crippen LogP contribution in [0.15, 0.2) is 42.5 Å². The lowest BCUT2D eigenvalue weighted by atomic mass is 10.2. The second-order valence-electron chi connectivity index (χ2n) is 4.86. The molecule has 0 radical (unpaired) electrons. The van der Waals surface area contributed by atoms with E-state index in [4.69, 9.17) is 4.74 Å². The molecule has 0 atom stereocenters. The summed E-state index contributed by atoms with van der Waals surface area (Å²) in [4.78, 5) is 18.4. The predicted octanol–water partition coefficient (Wildman–Crippen LogP) is 3.52. The number of aryl methyl sites for hydroxylation is 1. The summed E-state index contributed by atoms with van der Waals surface area (Å²) in [5.74, 6) is 1.56. The van der Waals surface area contributed by atoms with Gasteiger partial charge in [-0.25, -0.2) is 4.98 Å². The first kappa shape index (κ1) is 13.4. The second-order valence-corrected chi connectivity index (χ2v) is 4.86. The molecule has 0 amide bonds. The van der Waals surface area contributed by atoms with E-state index in [0.717, 1.165) is 35.3 Å². The first-order valence-corrected chi connectivity index (χ1v) is 6.94. The fourth-order valence-corrected chi connectivity index (χ4v) is 2.19. The summed E-state index contributed by atoms with van der Waals surface area (Å²) in [5.41, 5.74) is 3.60. The molecule has 106 valence electrons. The number of aromatic nitrogens is 2. The van der Waals surface area contributed by atoms with Crippen molar-refractivity contribution in [2.75, 3.05) is 0 Å². The van der Waals surface area contributed by atoms with E-state index >= 15 is 0 Å². The predicted molar refractivity (Wildman–Crippen MR) is 81.6 cm³/mol. The number of hydrogen-bond acceptors (Lipinski definition) is 3. The van der Waals surface area contributed by atoms with Crippen molar-refractivity contribution in [1.82, 2.24) is 9.97 Å². The number of imidazole rings is 1. The Kier molecular flexibility index (Phi) is 3.69. The number of aromatic amines is 1. The van der Waals surface area contributed by atoms with Gasteiger partial charge < -0.3 is 9.72 Å². The normalized spacial score (nSPS) is 10.7. The molecule has 0 aliphatic rings. The Balaban J connectivity index is 1.73. The van der Waals surface area contributed by atoms with Gasteiger partial charge in [-0.2, -0.15) is 0 Å². The number of fused-ring (bicyclic) bond motifs is 1. The van der Waals surface area contributed by atoms with Crippen LogP contribution in [0.1, 0.15) is 28.7 Å². The summed E-state index contributed by atoms with van der Waals surface area (Å²) in [7, 11) is 0. The molecule has 21 heavy (non-hydrogen) atoms. The van der Waals surface area contributed by atoms with Crippen LogP contribution in [0.2, 0.25) is 0 Å². The number of nitrogens with zero attached hydrogens (tertiary/aromatic N) is 1. The van der Waals surface area contributed by atoms with E-state index < -0.39 is 0 Å². The number of nitrogens with one attached hydrogen (secondary N) is 1. The molecular weight excluding hydrogens is 264 g/mol. The van der Waals surface area contributed by atoms with Gasteiger partial charge in [0.2, 0.25) is 0 Å². The number of carbonyl (C=O) groups excluding carboxylic acids is 1. The molecule has 0 saturated heterocycles. The van der Waals surface area contributed by atoms with Crippen LogP contribution in [-0.2, 0) is 13.0 Å². The lowest BCUT2D eigenvalue weighted by Gasteiger charge is -2.04. The quantitative estimate of drug-likeness (QED) is 0.727. The number of ether oxygens (including phenoxy) is 1. The molecule has 3 aromatic rings. The van der Waals surface area contributed by atoms with Gasteiger partial charge >= 0.3 is 0 Å². The molecule has 1 heterocycles. The molecule has 3 rings (SSSR count). The lowest BCUT2D eigenvalue weighted by Crippen LogP contribution is -1.97. The molecule has 4 heteroatoms. The van der Waals surface area contributed by atoms with Gasteiger partial charge in [0.25, 0.3) is 0 Å². The van der Waals surface area contributed by atoms with Crippen LogP contribution in [0.4, 0.5) is 0 Å². The maximum absolute atomic E-state index is 10.8. The topological polar surface area (TPSA) is 55.0 Å². The van der Waals surface area contributed by atoms with E-state index in [1.807, 2.05) is 18.2 Å². The van der Waals surface area contributed by atoms with Gasteiger partial charge in [-0.1, -0.05) is 19.1 Å². The van der Waals surface area contributed by atoms with Crippen LogP contribution in [0.3, 0.4) is 0 Å². The maximum atomic E-state index is 10.8. The van der Waals surface area contributed by atoms with Gasteiger partial charge in [0.15, 0.2) is 0 Å². The average molecular weight is 280 g/mol. The molecule has 0 bridgehead atoms. The lowest BCUT2D eigenvalue weighted by molar-refractivity contribution is 0.112. The monoisotopic (exact) mass is 280 g/mol. The van der Waals surface area contributed by atoms with E-state index in [0.29, 0.717) is 12.2 Å². The molecule has 0 unspecified atom stereocenters. The molecule has 0 fully saturated rings. The minimum Gasteiger partial charge on any atom is -0.486 e. The van der Waals surface area contributed by atoms with Gasteiger partial charge in [-0.15, -0.1) is 0 Å². The highest BCUT2D eigenvalue weighted by Crippen LogP contribution is 2.16. The van der Waals surface area contributed by atoms with Gasteiger partial charge in [0, 0.05) is 5.56 Å². The van der Waals surface area contributed by atoms with Crippen molar-refractivity contribution in [3.8, 4) is 5.75 Å². The third-order valence-electron chi connectivity index (χ3n) is 3.40. The van der Waals surface area contributed by atoms with Crippen molar-refractivity contribution in [1.29, 1.82) is 0 Å². The van der Waals surface area contributed by atoms with Crippen molar-refractivity contribution in [2.24, 2.45) is 0 Å². The summed E-state index contributed by atoms with van der Waals surface area (Å²) >= 11 is 0. The number of carbonyl (C=O) groups is 1. The first-order valence-electron chi connectivity index (χ1n) is 6.94. The van der Waals surface area contributed by atoms with Crippen LogP contribution in [0.5, 0.6) is 5.75 Å². The molecule has 4 nitrogen and oxygen atoms in total. The maximum Gasteiger partial charge on any atom is 0.150 e. The Hall–Kier alpha value is -2.62. The molecule has 0 spiro atoms. The molecule has 1 N–H and O–H groups in total. The highest BCUT2D eigenvalue weighted by Gasteiger charge is 2.04. The summed E-state index contributed by atoms with van der Waals surface area (Å²) in [6.07, 6.45) is 1.84. The van der Waals surface area contributed by atoms with E-state index in [2.05, 4.69) is 29.0 Å². The fourth-order valence-electron chi connectivity index (χ4n) is 2.19. The van der Waals surface area contributed by atoms with Crippen LogP contribution in [0.25, 0.3) is 11.0 Å². The summed E-state index contributed by atoms with van der Waals surface area (Å²) in [5, 5.41) is 0. The summed E-state index contributed by atoms with van der Waals surface area (Å²) in [6, 6.07) is 13.4. The fraction of sp³-hybridized carbons (Fsp3) is 0.176. The van der Waals surface area contributed by atoms with Crippen molar-refractivity contribution in [2.45, 2.75) is 20.0 Å². The molecule has 0 aliphatic carbocycles. The first-order chi connectivity index (χ1) is 10.3. The Morgan fingerprint density at radius 1 is 1.19 bits per heavy atom. The van der Waals surface area contributed by atoms with Crippen molar-refractivity contribution >= 4 is 17.3 Å². The van der Waals surface area contributed by atoms with Crippen LogP contribution < -0.4 is 4.74 Å². The number of aldehydes is 1. The molecule has 0 saturated carbocycles. The Labute approximate surface area is 122 Å². The van der Waals surface area contributed by atoms with E-state index in [9.17, 15) is 4.79 Å². The third kappa shape index (κ3) is 2.94. The SMILES string of the molecule is CCc1ccc(OCc2nc3ccc(C=O)cc3[nH]2)cc1. The number of H-pyrrole nitrogens is 1. The van der Waals surface area contributed by atoms with Crippen molar-refractivity contribution in [3.63, 3.8) is 0 Å². The van der Waals surface area contributed by atoms with E-state index in [-0.39, 0.29) is 0 Å². The minimum atomic E-state index is 0.372. The van der Waals surface area contributed by atoms with Crippen molar-refractivity contribution < 1.29 is 9.53 Å². The second kappa shape index (κ2) is 5.79. The highest BCUT2D eigenvalue weighted by molar-refractivity contribution is 5.84. The minimum absolute atomic E-state index is 0.372. The van der Waals surface area contributed by atoms with Gasteiger partial charge in [-0.05, 0) is 42.3 Å². The Morgan fingerprint density at radius 3 is 2.71 bits per heavy atom. The highest BCUT2D eigenvalue weighted by atomic mass is 16.5. The third-order valence-corrected chi connectivity index (χ3v) is 3.40. The van der Waals surface area contributed by atoms with E-state index in [1.165, 1.54) is 5.56 Å². The van der Waals surface area contributed by atoms with Gasteiger partial charge in [0.1, 0.15) is 24.5 Å². The number of benzene rings is 2. The van der Waals surface area contributed by atoms with Crippen molar-refractivity contribution in [3.05, 3.63) is 59.4 Å². The van der Waals surface area contributed by atoms with Crippen LogP contribution >= 0.6 is 0 Å². The Morgan fingerprint density at radius 2 is 2.00 bits per heavy atom. The average Bonchev–Trinajstić information content (AvgIpc) is 2.95. The van der Waals surface area contributed by atoms with Gasteiger partial charge in [-0.3, -0.25) is 4.79 Å². The number of rotatable bonds is 5. The standard InChI is InChI=1S/C17H16N2O2/c1-2-12-3-6-14(7-4-12)21-11-17-18-15-8-5-13(10-20)9-16(15)19-17/h3-10H,2,11H2,1H3,(H,18,19). The molecular formula is C17H16N2O2. The molecule has 2 aromatic carbocycles. The number of hydrogen-bond donors (Lipinski definition) is 1. The Bertz CT molecular complexity index is 760. The van der Waals surface area contributed by atoms with Crippen LogP contribution in [0, 0.1) is 0 Å². The smallest absolute Gasteiger partial charge is 0.150 e. The molecule has 0 aliphatic heterocycles. The zero-order chi connectivity index (χ0) is 14.7.